The molecule has 0 fully saturated rings. The van der Waals surface area contributed by atoms with Gasteiger partial charge in [-0.1, -0.05) is 6.07 Å². The van der Waals surface area contributed by atoms with Crippen molar-refractivity contribution in [1.82, 2.24) is 4.98 Å². The van der Waals surface area contributed by atoms with Gasteiger partial charge in [-0.05, 0) is 24.5 Å². The molecule has 2 nitrogen and oxygen atoms in total. The Morgan fingerprint density at radius 3 is 2.82 bits per heavy atom. The number of nitrogens with zero attached hydrogens (tertiary/aromatic N) is 2. The summed E-state index contributed by atoms with van der Waals surface area (Å²) in [4.78, 5) is 3.99. The highest BCUT2D eigenvalue weighted by atomic mass is 14.7. The van der Waals surface area contributed by atoms with Crippen LogP contribution in [0.5, 0.6) is 0 Å². The average Bonchev–Trinajstić information content (AvgIpc) is 2.04. The van der Waals surface area contributed by atoms with Crippen LogP contribution in [0.2, 0.25) is 0 Å². The fraction of sp³-hybridized carbons (Fsp3) is 0.111. The first-order valence-corrected chi connectivity index (χ1v) is 3.15. The van der Waals surface area contributed by atoms with Crippen LogP contribution < -0.4 is 0 Å². The van der Waals surface area contributed by atoms with Gasteiger partial charge in [-0.2, -0.15) is 5.26 Å². The van der Waals surface area contributed by atoms with Gasteiger partial charge in [0.25, 0.3) is 0 Å². The number of hydrogen-bond donors (Lipinski definition) is 0. The van der Waals surface area contributed by atoms with Gasteiger partial charge in [-0.25, -0.2) is 4.98 Å². The van der Waals surface area contributed by atoms with Crippen LogP contribution >= 0.6 is 0 Å². The molecule has 2 heteroatoms. The molecule has 0 unspecified atom stereocenters. The lowest BCUT2D eigenvalue weighted by Crippen LogP contribution is -1.81. The second-order valence-electron chi connectivity index (χ2n) is 2.08. The topological polar surface area (TPSA) is 36.7 Å². The summed E-state index contributed by atoms with van der Waals surface area (Å²) in [6.45, 7) is 1.95. The number of nitriles is 1. The largest absolute Gasteiger partial charge is 0.247 e. The maximum absolute atomic E-state index is 8.13. The van der Waals surface area contributed by atoms with E-state index >= 15 is 0 Å². The van der Waals surface area contributed by atoms with Crippen molar-refractivity contribution in [3.8, 4) is 17.9 Å². The Bertz CT molecular complexity index is 333. The third-order valence-electron chi connectivity index (χ3n) is 1.16. The Hall–Kier alpha value is -1.80. The molecule has 1 heterocycles. The predicted molar refractivity (Wildman–Crippen MR) is 41.5 cm³/mol. The van der Waals surface area contributed by atoms with Crippen molar-refractivity contribution in [2.45, 2.75) is 6.92 Å². The van der Waals surface area contributed by atoms with Crippen molar-refractivity contribution in [2.75, 3.05) is 0 Å². The predicted octanol–water partition coefficient (Wildman–Crippen LogP) is 1.27. The van der Waals surface area contributed by atoms with Gasteiger partial charge < -0.3 is 0 Å². The lowest BCUT2D eigenvalue weighted by molar-refractivity contribution is 1.24. The van der Waals surface area contributed by atoms with Crippen LogP contribution in [0.4, 0.5) is 0 Å². The third kappa shape index (κ3) is 2.12. The number of pyridine rings is 1. The SMILES string of the molecule is Cc1ccc(C#CC#N)nc1. The minimum absolute atomic E-state index is 0.636. The van der Waals surface area contributed by atoms with Gasteiger partial charge in [0, 0.05) is 12.1 Å². The van der Waals surface area contributed by atoms with E-state index in [1.807, 2.05) is 13.0 Å². The molecular weight excluding hydrogens is 136 g/mol. The summed E-state index contributed by atoms with van der Waals surface area (Å²) in [5.41, 5.74) is 1.73. The van der Waals surface area contributed by atoms with Crippen molar-refractivity contribution in [3.05, 3.63) is 29.6 Å². The second-order valence-corrected chi connectivity index (χ2v) is 2.08. The van der Waals surface area contributed by atoms with Crippen LogP contribution in [0.15, 0.2) is 18.3 Å². The van der Waals surface area contributed by atoms with Gasteiger partial charge in [-0.3, -0.25) is 0 Å². The molecule has 0 bridgehead atoms. The van der Waals surface area contributed by atoms with Crippen molar-refractivity contribution in [3.63, 3.8) is 0 Å². The van der Waals surface area contributed by atoms with Crippen LogP contribution in [-0.2, 0) is 0 Å². The first-order valence-electron chi connectivity index (χ1n) is 3.15. The van der Waals surface area contributed by atoms with Crippen molar-refractivity contribution >= 4 is 0 Å². The van der Waals surface area contributed by atoms with Gasteiger partial charge in [0.15, 0.2) is 6.07 Å². The minimum atomic E-state index is 0.636. The van der Waals surface area contributed by atoms with E-state index in [0.717, 1.165) is 5.56 Å². The Labute approximate surface area is 65.5 Å². The molecular formula is C9H6N2. The van der Waals surface area contributed by atoms with Gasteiger partial charge in [0.05, 0.1) is 0 Å². The normalized spacial score (nSPS) is 7.64. The van der Waals surface area contributed by atoms with Crippen molar-refractivity contribution in [1.29, 1.82) is 5.26 Å². The summed E-state index contributed by atoms with van der Waals surface area (Å²) in [6, 6.07) is 5.43. The zero-order valence-corrected chi connectivity index (χ0v) is 6.13. The Morgan fingerprint density at radius 2 is 2.27 bits per heavy atom. The Kier molecular flexibility index (Phi) is 2.25. The molecule has 0 amide bonds. The van der Waals surface area contributed by atoms with Crippen LogP contribution in [0, 0.1) is 30.1 Å². The van der Waals surface area contributed by atoms with Crippen LogP contribution in [0.1, 0.15) is 11.3 Å². The van der Waals surface area contributed by atoms with Crippen molar-refractivity contribution < 1.29 is 0 Å². The summed E-state index contributed by atoms with van der Waals surface area (Å²) in [7, 11) is 0. The smallest absolute Gasteiger partial charge is 0.152 e. The molecule has 1 aromatic rings. The molecule has 0 atom stereocenters. The van der Waals surface area contributed by atoms with E-state index in [0.29, 0.717) is 5.69 Å². The third-order valence-corrected chi connectivity index (χ3v) is 1.16. The monoisotopic (exact) mass is 142 g/mol. The van der Waals surface area contributed by atoms with Crippen molar-refractivity contribution in [2.24, 2.45) is 0 Å². The molecule has 1 rings (SSSR count). The number of hydrogen-bond acceptors (Lipinski definition) is 2. The number of aromatic nitrogens is 1. The van der Waals surface area contributed by atoms with E-state index < -0.39 is 0 Å². The number of aryl methyl sites for hydroxylation is 1. The molecule has 0 aliphatic heterocycles. The molecule has 0 saturated heterocycles. The molecule has 0 aliphatic rings. The van der Waals surface area contributed by atoms with E-state index in [2.05, 4.69) is 16.8 Å². The zero-order chi connectivity index (χ0) is 8.10. The fourth-order valence-corrected chi connectivity index (χ4v) is 0.634. The van der Waals surface area contributed by atoms with E-state index in [9.17, 15) is 0 Å². The highest BCUT2D eigenvalue weighted by molar-refractivity contribution is 5.33. The molecule has 0 radical (unpaired) electrons. The molecule has 0 aliphatic carbocycles. The van der Waals surface area contributed by atoms with E-state index in [-0.39, 0.29) is 0 Å². The Balaban J connectivity index is 2.93. The van der Waals surface area contributed by atoms with Gasteiger partial charge in [0.2, 0.25) is 0 Å². The first kappa shape index (κ1) is 7.31. The van der Waals surface area contributed by atoms with Gasteiger partial charge in [-0.15, -0.1) is 0 Å². The molecule has 0 saturated carbocycles. The molecule has 0 aromatic carbocycles. The summed E-state index contributed by atoms with van der Waals surface area (Å²) >= 11 is 0. The van der Waals surface area contributed by atoms with Gasteiger partial charge >= 0.3 is 0 Å². The fourth-order valence-electron chi connectivity index (χ4n) is 0.634. The Morgan fingerprint density at radius 1 is 1.45 bits per heavy atom. The van der Waals surface area contributed by atoms with Crippen LogP contribution in [0.3, 0.4) is 0 Å². The lowest BCUT2D eigenvalue weighted by atomic mass is 10.3. The van der Waals surface area contributed by atoms with Crippen LogP contribution in [0.25, 0.3) is 0 Å². The highest BCUT2D eigenvalue weighted by Crippen LogP contribution is 1.95. The molecule has 52 valence electrons. The summed E-state index contributed by atoms with van der Waals surface area (Å²) < 4.78 is 0. The molecule has 0 spiro atoms. The molecule has 1 aromatic heterocycles. The quantitative estimate of drug-likeness (QED) is 0.511. The lowest BCUT2D eigenvalue weighted by Gasteiger charge is -1.89. The summed E-state index contributed by atoms with van der Waals surface area (Å²) in [5.74, 6) is 4.88. The van der Waals surface area contributed by atoms with E-state index in [1.54, 1.807) is 18.3 Å². The first-order chi connectivity index (χ1) is 5.33. The minimum Gasteiger partial charge on any atom is -0.247 e. The van der Waals surface area contributed by atoms with E-state index in [4.69, 9.17) is 5.26 Å². The van der Waals surface area contributed by atoms with E-state index in [1.165, 1.54) is 0 Å². The standard InChI is InChI=1S/C9H6N2/c1-8-4-5-9(11-7-8)3-2-6-10/h4-5,7H,1H3. The zero-order valence-electron chi connectivity index (χ0n) is 6.13. The van der Waals surface area contributed by atoms with Crippen LogP contribution in [-0.4, -0.2) is 4.98 Å². The molecule has 11 heavy (non-hydrogen) atoms. The summed E-state index contributed by atoms with van der Waals surface area (Å²) in [6.07, 6.45) is 1.72. The molecule has 0 N–H and O–H groups in total. The number of rotatable bonds is 0. The average molecular weight is 142 g/mol. The maximum atomic E-state index is 8.13. The van der Waals surface area contributed by atoms with Gasteiger partial charge in [0.1, 0.15) is 5.69 Å². The summed E-state index contributed by atoms with van der Waals surface area (Å²) in [5, 5.41) is 8.13. The second kappa shape index (κ2) is 3.39. The highest BCUT2D eigenvalue weighted by Gasteiger charge is 1.85. The maximum Gasteiger partial charge on any atom is 0.152 e.